The molecule has 29 heavy (non-hydrogen) atoms. The predicted molar refractivity (Wildman–Crippen MR) is 114 cm³/mol. The molecule has 3 aromatic rings. The second-order valence-corrected chi connectivity index (χ2v) is 8.45. The van der Waals surface area contributed by atoms with Crippen molar-refractivity contribution in [2.45, 2.75) is 37.5 Å². The van der Waals surface area contributed by atoms with E-state index in [1.165, 1.54) is 5.56 Å². The Morgan fingerprint density at radius 1 is 1.07 bits per heavy atom. The highest BCUT2D eigenvalue weighted by Gasteiger charge is 2.40. The number of aromatic nitrogens is 2. The molecule has 2 aliphatic heterocycles. The number of likely N-dealkylation sites (N-methyl/N-ethyl adjacent to an activating group) is 1. The van der Waals surface area contributed by atoms with Crippen molar-refractivity contribution in [3.05, 3.63) is 65.9 Å². The number of H-pyrrole nitrogens is 1. The fourth-order valence-corrected chi connectivity index (χ4v) is 5.04. The Morgan fingerprint density at radius 3 is 2.52 bits per heavy atom. The van der Waals surface area contributed by atoms with Gasteiger partial charge in [-0.25, -0.2) is 0 Å². The summed E-state index contributed by atoms with van der Waals surface area (Å²) in [7, 11) is 2.20. The SMILES string of the molecule is CN1C[C@H]2C[C@@H](NC(=O)c3n[nH]c4ccccc34)C[C@@H](C1)N2Cc1ccccc1. The number of hydrogen-bond acceptors (Lipinski definition) is 4. The van der Waals surface area contributed by atoms with Gasteiger partial charge in [-0.15, -0.1) is 0 Å². The summed E-state index contributed by atoms with van der Waals surface area (Å²) in [5, 5.41) is 11.4. The summed E-state index contributed by atoms with van der Waals surface area (Å²) in [5.74, 6) is -0.0737. The van der Waals surface area contributed by atoms with E-state index in [2.05, 4.69) is 62.7 Å². The number of carbonyl (C=O) groups is 1. The zero-order valence-corrected chi connectivity index (χ0v) is 16.7. The molecular weight excluding hydrogens is 362 g/mol. The maximum absolute atomic E-state index is 12.9. The highest BCUT2D eigenvalue weighted by molar-refractivity contribution is 6.04. The van der Waals surface area contributed by atoms with Gasteiger partial charge >= 0.3 is 0 Å². The quantitative estimate of drug-likeness (QED) is 0.720. The van der Waals surface area contributed by atoms with Crippen LogP contribution < -0.4 is 5.32 Å². The molecule has 6 heteroatoms. The van der Waals surface area contributed by atoms with Crippen molar-refractivity contribution in [3.8, 4) is 0 Å². The van der Waals surface area contributed by atoms with Crippen LogP contribution in [0.4, 0.5) is 0 Å². The number of hydrogen-bond donors (Lipinski definition) is 2. The number of amides is 1. The summed E-state index contributed by atoms with van der Waals surface area (Å²) >= 11 is 0. The van der Waals surface area contributed by atoms with Crippen LogP contribution in [0.5, 0.6) is 0 Å². The Bertz CT molecular complexity index is 985. The van der Waals surface area contributed by atoms with Gasteiger partial charge in [0.15, 0.2) is 5.69 Å². The number of likely N-dealkylation sites (tertiary alicyclic amines) is 1. The number of carbonyl (C=O) groups excluding carboxylic acids is 1. The molecule has 0 aliphatic carbocycles. The largest absolute Gasteiger partial charge is 0.348 e. The zero-order valence-electron chi connectivity index (χ0n) is 16.7. The molecule has 0 unspecified atom stereocenters. The minimum Gasteiger partial charge on any atom is -0.348 e. The van der Waals surface area contributed by atoms with Crippen LogP contribution in [0.15, 0.2) is 54.6 Å². The number of fused-ring (bicyclic) bond motifs is 3. The lowest BCUT2D eigenvalue weighted by Gasteiger charge is -2.51. The number of piperazine rings is 1. The van der Waals surface area contributed by atoms with Gasteiger partial charge in [0.25, 0.3) is 5.91 Å². The highest BCUT2D eigenvalue weighted by Crippen LogP contribution is 2.30. The first-order chi connectivity index (χ1) is 14.2. The molecule has 1 amide bonds. The van der Waals surface area contributed by atoms with Crippen LogP contribution in [0.1, 0.15) is 28.9 Å². The molecule has 150 valence electrons. The molecule has 0 spiro atoms. The average molecular weight is 390 g/mol. The summed E-state index contributed by atoms with van der Waals surface area (Å²) < 4.78 is 0. The molecule has 6 nitrogen and oxygen atoms in total. The van der Waals surface area contributed by atoms with E-state index in [9.17, 15) is 4.79 Å². The second-order valence-electron chi connectivity index (χ2n) is 8.45. The summed E-state index contributed by atoms with van der Waals surface area (Å²) in [6.07, 6.45) is 1.95. The van der Waals surface area contributed by atoms with Gasteiger partial charge < -0.3 is 10.2 Å². The monoisotopic (exact) mass is 389 g/mol. The average Bonchev–Trinajstić information content (AvgIpc) is 3.14. The molecule has 2 bridgehead atoms. The van der Waals surface area contributed by atoms with E-state index in [-0.39, 0.29) is 11.9 Å². The summed E-state index contributed by atoms with van der Waals surface area (Å²) in [6.45, 7) is 3.07. The number of nitrogens with one attached hydrogen (secondary N) is 2. The number of aromatic amines is 1. The number of piperidine rings is 1. The van der Waals surface area contributed by atoms with E-state index in [4.69, 9.17) is 0 Å². The Labute approximate surface area is 170 Å². The van der Waals surface area contributed by atoms with Crippen molar-refractivity contribution in [2.75, 3.05) is 20.1 Å². The smallest absolute Gasteiger partial charge is 0.272 e. The van der Waals surface area contributed by atoms with Crippen LogP contribution in [-0.4, -0.2) is 64.2 Å². The van der Waals surface area contributed by atoms with Gasteiger partial charge in [-0.05, 0) is 31.5 Å². The number of benzene rings is 2. The summed E-state index contributed by atoms with van der Waals surface area (Å²) in [6, 6.07) is 19.6. The number of rotatable bonds is 4. The van der Waals surface area contributed by atoms with Gasteiger partial charge in [0.05, 0.1) is 5.52 Å². The minimum atomic E-state index is -0.0737. The van der Waals surface area contributed by atoms with Crippen LogP contribution in [0.25, 0.3) is 10.9 Å². The van der Waals surface area contributed by atoms with Gasteiger partial charge in [0.1, 0.15) is 0 Å². The van der Waals surface area contributed by atoms with Crippen molar-refractivity contribution in [1.29, 1.82) is 0 Å². The molecule has 2 N–H and O–H groups in total. The van der Waals surface area contributed by atoms with Crippen molar-refractivity contribution >= 4 is 16.8 Å². The van der Waals surface area contributed by atoms with Crippen LogP contribution in [0.2, 0.25) is 0 Å². The van der Waals surface area contributed by atoms with Crippen LogP contribution in [0.3, 0.4) is 0 Å². The van der Waals surface area contributed by atoms with Crippen molar-refractivity contribution in [3.63, 3.8) is 0 Å². The Morgan fingerprint density at radius 2 is 1.76 bits per heavy atom. The van der Waals surface area contributed by atoms with Crippen molar-refractivity contribution in [1.82, 2.24) is 25.3 Å². The molecule has 2 aliphatic rings. The third-order valence-corrected chi connectivity index (χ3v) is 6.32. The lowest BCUT2D eigenvalue weighted by Crippen LogP contribution is -2.63. The van der Waals surface area contributed by atoms with Gasteiger partial charge in [0.2, 0.25) is 0 Å². The minimum absolute atomic E-state index is 0.0737. The molecular formula is C23H27N5O. The lowest BCUT2D eigenvalue weighted by molar-refractivity contribution is -0.0162. The molecule has 5 rings (SSSR count). The van der Waals surface area contributed by atoms with Crippen LogP contribution >= 0.6 is 0 Å². The molecule has 1 aromatic heterocycles. The molecule has 0 saturated carbocycles. The first kappa shape index (κ1) is 18.3. The van der Waals surface area contributed by atoms with E-state index >= 15 is 0 Å². The fourth-order valence-electron chi connectivity index (χ4n) is 5.04. The highest BCUT2D eigenvalue weighted by atomic mass is 16.2. The summed E-state index contributed by atoms with van der Waals surface area (Å²) in [4.78, 5) is 18.0. The number of nitrogens with zero attached hydrogens (tertiary/aromatic N) is 3. The van der Waals surface area contributed by atoms with E-state index in [0.717, 1.165) is 43.4 Å². The maximum atomic E-state index is 12.9. The third kappa shape index (κ3) is 3.66. The molecule has 0 radical (unpaired) electrons. The first-order valence-corrected chi connectivity index (χ1v) is 10.4. The number of para-hydroxylation sites is 1. The molecule has 2 saturated heterocycles. The zero-order chi connectivity index (χ0) is 19.8. The molecule has 3 atom stereocenters. The molecule has 2 aromatic carbocycles. The van der Waals surface area contributed by atoms with Crippen LogP contribution in [-0.2, 0) is 6.54 Å². The second kappa shape index (κ2) is 7.61. The van der Waals surface area contributed by atoms with E-state index in [0.29, 0.717) is 17.8 Å². The lowest BCUT2D eigenvalue weighted by atomic mass is 9.87. The van der Waals surface area contributed by atoms with Crippen molar-refractivity contribution < 1.29 is 4.79 Å². The van der Waals surface area contributed by atoms with Gasteiger partial charge in [-0.1, -0.05) is 48.5 Å². The van der Waals surface area contributed by atoms with Crippen molar-refractivity contribution in [2.24, 2.45) is 0 Å². The normalized spacial score (nSPS) is 25.2. The van der Waals surface area contributed by atoms with Crippen LogP contribution in [0, 0.1) is 0 Å². The molecule has 2 fully saturated rings. The third-order valence-electron chi connectivity index (χ3n) is 6.32. The topological polar surface area (TPSA) is 64.3 Å². The van der Waals surface area contributed by atoms with E-state index in [1.807, 2.05) is 24.3 Å². The van der Waals surface area contributed by atoms with E-state index in [1.54, 1.807) is 0 Å². The fraction of sp³-hybridized carbons (Fsp3) is 0.391. The van der Waals surface area contributed by atoms with E-state index < -0.39 is 0 Å². The Balaban J connectivity index is 1.30. The Hall–Kier alpha value is -2.70. The van der Waals surface area contributed by atoms with Gasteiger partial charge in [-0.2, -0.15) is 5.10 Å². The first-order valence-electron chi connectivity index (χ1n) is 10.4. The Kier molecular flexibility index (Phi) is 4.81. The molecule has 3 heterocycles. The standard InChI is InChI=1S/C23H27N5O/c1-27-14-18-11-17(12-19(15-27)28(18)13-16-7-3-2-4-8-16)24-23(29)22-20-9-5-6-10-21(20)25-26-22/h2-10,17-19H,11-15H2,1H3,(H,24,29)(H,25,26)/t17-,18-,19+. The predicted octanol–water partition coefficient (Wildman–Crippen LogP) is 2.64. The van der Waals surface area contributed by atoms with Gasteiger partial charge in [-0.3, -0.25) is 14.8 Å². The maximum Gasteiger partial charge on any atom is 0.272 e. The van der Waals surface area contributed by atoms with Gasteiger partial charge in [0, 0.05) is 43.1 Å². The summed E-state index contributed by atoms with van der Waals surface area (Å²) in [5.41, 5.74) is 2.75.